The molecule has 2 rings (SSSR count). The lowest BCUT2D eigenvalue weighted by Gasteiger charge is -2.19. The van der Waals surface area contributed by atoms with E-state index in [1.54, 1.807) is 13.8 Å². The summed E-state index contributed by atoms with van der Waals surface area (Å²) >= 11 is 12.1. The molecule has 2 aromatic rings. The van der Waals surface area contributed by atoms with E-state index in [2.05, 4.69) is 63.7 Å². The lowest BCUT2D eigenvalue weighted by molar-refractivity contribution is 0.0383. The van der Waals surface area contributed by atoms with E-state index in [0.717, 1.165) is 0 Å². The van der Waals surface area contributed by atoms with Crippen molar-refractivity contribution in [2.45, 2.75) is 39.5 Å². The highest BCUT2D eigenvalue weighted by Crippen LogP contribution is 2.39. The van der Waals surface area contributed by atoms with Crippen molar-refractivity contribution in [3.63, 3.8) is 0 Å². The zero-order valence-electron chi connectivity index (χ0n) is 20.0. The smallest absolute Gasteiger partial charge is 0.347 e. The van der Waals surface area contributed by atoms with Gasteiger partial charge in [-0.15, -0.1) is 0 Å². The quantitative estimate of drug-likeness (QED) is 0.153. The number of rotatable bonds is 10. The molecule has 0 saturated heterocycles. The number of carbonyl (C=O) groups excluding carboxylic acids is 2. The van der Waals surface area contributed by atoms with Crippen LogP contribution in [-0.4, -0.2) is 56.2 Å². The van der Waals surface area contributed by atoms with Crippen LogP contribution in [0, 0.1) is 0 Å². The first-order valence-corrected chi connectivity index (χ1v) is 14.1. The summed E-state index contributed by atoms with van der Waals surface area (Å²) in [4.78, 5) is 74.7. The Morgan fingerprint density at radius 3 is 1.03 bits per heavy atom. The summed E-state index contributed by atoms with van der Waals surface area (Å²) < 4.78 is 3.89. The molecule has 0 fully saturated rings. The highest BCUT2D eigenvalue weighted by molar-refractivity contribution is 9.11. The molecule has 2 aromatic carbocycles. The predicted molar refractivity (Wildman–Crippen MR) is 149 cm³/mol. The maximum atomic E-state index is 13.4. The Kier molecular flexibility index (Phi) is 11.0. The number of carboxylic acids is 4. The molecule has 208 valence electrons. The second-order valence-corrected chi connectivity index (χ2v) is 11.0. The van der Waals surface area contributed by atoms with Crippen LogP contribution in [0.5, 0.6) is 0 Å². The topological polar surface area (TPSA) is 193 Å². The third-order valence-electron chi connectivity index (χ3n) is 5.40. The Balaban J connectivity index is 2.89. The molecule has 11 nitrogen and oxygen atoms in total. The van der Waals surface area contributed by atoms with Gasteiger partial charge in [-0.2, -0.15) is 0 Å². The molecular weight excluding hydrogens is 784 g/mol. The van der Waals surface area contributed by atoms with Crippen LogP contribution < -0.4 is 0 Å². The van der Waals surface area contributed by atoms with Crippen molar-refractivity contribution in [2.24, 2.45) is 0 Å². The number of aromatic carboxylic acids is 4. The summed E-state index contributed by atoms with van der Waals surface area (Å²) in [6.07, 6.45) is 0.706. The molecule has 0 aliphatic carbocycles. The SMILES string of the molecule is CCCc1c(Br)c(C(=O)O)c(Br)c(C(=O)O)c1C(=O)OC(=O)c1c(CCC)c(Br)c(C(=O)O)c(Br)c1C(=O)O. The van der Waals surface area contributed by atoms with Crippen LogP contribution in [0.25, 0.3) is 0 Å². The molecule has 0 aliphatic heterocycles. The van der Waals surface area contributed by atoms with Crippen LogP contribution in [-0.2, 0) is 17.6 Å². The van der Waals surface area contributed by atoms with E-state index < -0.39 is 78.1 Å². The second-order valence-electron chi connectivity index (χ2n) is 7.86. The third-order valence-corrected chi connectivity index (χ3v) is 8.74. The van der Waals surface area contributed by atoms with Gasteiger partial charge in [0, 0.05) is 17.9 Å². The second kappa shape index (κ2) is 13.2. The summed E-state index contributed by atoms with van der Waals surface area (Å²) in [5.41, 5.74) is -3.80. The molecule has 0 unspecified atom stereocenters. The van der Waals surface area contributed by atoms with Crippen molar-refractivity contribution in [2.75, 3.05) is 0 Å². The first kappa shape index (κ1) is 32.6. The fourth-order valence-electron chi connectivity index (χ4n) is 3.87. The summed E-state index contributed by atoms with van der Waals surface area (Å²) in [5.74, 6) is -9.33. The van der Waals surface area contributed by atoms with Gasteiger partial charge in [-0.3, -0.25) is 0 Å². The molecule has 0 heterocycles. The number of esters is 2. The van der Waals surface area contributed by atoms with E-state index in [9.17, 15) is 49.2 Å². The van der Waals surface area contributed by atoms with Crippen molar-refractivity contribution in [1.29, 1.82) is 0 Å². The number of carbonyl (C=O) groups is 6. The van der Waals surface area contributed by atoms with Gasteiger partial charge in [-0.25, -0.2) is 28.8 Å². The van der Waals surface area contributed by atoms with Crippen LogP contribution >= 0.6 is 63.7 Å². The summed E-state index contributed by atoms with van der Waals surface area (Å²) in [7, 11) is 0. The molecule has 0 aliphatic rings. The maximum absolute atomic E-state index is 13.4. The number of ether oxygens (including phenoxy) is 1. The van der Waals surface area contributed by atoms with Crippen molar-refractivity contribution in [3.05, 3.63) is 62.4 Å². The lowest BCUT2D eigenvalue weighted by Crippen LogP contribution is -2.24. The van der Waals surface area contributed by atoms with Gasteiger partial charge < -0.3 is 25.2 Å². The molecule has 0 atom stereocenters. The van der Waals surface area contributed by atoms with Gasteiger partial charge in [0.2, 0.25) is 0 Å². The standard InChI is InChI=1S/C24H18Br4O11/c1-3-5-7-9(11(19(29)30)17(27)13(15(7)25)21(33)34)23(37)39-24(38)10-8(6-4-2)16(26)14(22(35)36)18(28)12(10)20(31)32/h3-6H2,1-2H3,(H,29,30)(H,31,32)(H,33,34)(H,35,36). The highest BCUT2D eigenvalue weighted by atomic mass is 79.9. The Labute approximate surface area is 254 Å². The first-order valence-electron chi connectivity index (χ1n) is 10.9. The number of hydrogen-bond acceptors (Lipinski definition) is 7. The van der Waals surface area contributed by atoms with Crippen molar-refractivity contribution < 1.29 is 53.9 Å². The van der Waals surface area contributed by atoms with Gasteiger partial charge in [0.15, 0.2) is 0 Å². The van der Waals surface area contributed by atoms with E-state index in [4.69, 9.17) is 4.74 Å². The molecule has 0 amide bonds. The number of benzene rings is 2. The number of hydrogen-bond donors (Lipinski definition) is 4. The van der Waals surface area contributed by atoms with E-state index in [0.29, 0.717) is 12.8 Å². The van der Waals surface area contributed by atoms with E-state index >= 15 is 0 Å². The molecule has 15 heteroatoms. The first-order chi connectivity index (χ1) is 18.1. The Bertz CT molecular complexity index is 1340. The van der Waals surface area contributed by atoms with Gasteiger partial charge in [0.05, 0.1) is 33.4 Å². The summed E-state index contributed by atoms with van der Waals surface area (Å²) in [6.45, 7) is 3.37. The molecule has 4 N–H and O–H groups in total. The fourth-order valence-corrected chi connectivity index (χ4v) is 7.40. The van der Waals surface area contributed by atoms with Crippen molar-refractivity contribution in [1.82, 2.24) is 0 Å². The summed E-state index contributed by atoms with van der Waals surface area (Å²) in [6, 6.07) is 0. The molecule has 0 aromatic heterocycles. The van der Waals surface area contributed by atoms with Crippen LogP contribution in [0.4, 0.5) is 0 Å². The largest absolute Gasteiger partial charge is 0.478 e. The van der Waals surface area contributed by atoms with Crippen LogP contribution in [0.1, 0.15) is 100.0 Å². The lowest BCUT2D eigenvalue weighted by atomic mass is 9.93. The van der Waals surface area contributed by atoms with Gasteiger partial charge in [-0.1, -0.05) is 26.7 Å². The van der Waals surface area contributed by atoms with E-state index in [1.807, 2.05) is 0 Å². The monoisotopic (exact) mass is 798 g/mol. The molecule has 39 heavy (non-hydrogen) atoms. The highest BCUT2D eigenvalue weighted by Gasteiger charge is 2.36. The molecule has 0 bridgehead atoms. The van der Waals surface area contributed by atoms with Gasteiger partial charge in [-0.05, 0) is 87.7 Å². The number of halogens is 4. The van der Waals surface area contributed by atoms with Crippen LogP contribution in [0.15, 0.2) is 17.9 Å². The minimum Gasteiger partial charge on any atom is -0.478 e. The zero-order chi connectivity index (χ0) is 29.9. The average Bonchev–Trinajstić information content (AvgIpc) is 2.80. The third kappa shape index (κ3) is 6.26. The van der Waals surface area contributed by atoms with Crippen LogP contribution in [0.2, 0.25) is 0 Å². The molecule has 0 radical (unpaired) electrons. The zero-order valence-corrected chi connectivity index (χ0v) is 26.3. The van der Waals surface area contributed by atoms with E-state index in [-0.39, 0.29) is 32.9 Å². The molecule has 0 spiro atoms. The Hall–Kier alpha value is -2.62. The average molecular weight is 802 g/mol. The van der Waals surface area contributed by atoms with Gasteiger partial charge in [0.25, 0.3) is 0 Å². The Morgan fingerprint density at radius 1 is 0.513 bits per heavy atom. The maximum Gasteiger partial charge on any atom is 0.347 e. The normalized spacial score (nSPS) is 10.7. The Morgan fingerprint density at radius 2 is 0.795 bits per heavy atom. The predicted octanol–water partition coefficient (Wildman–Crippen LogP) is 6.43. The summed E-state index contributed by atoms with van der Waals surface area (Å²) in [5, 5.41) is 38.9. The molecular formula is C24H18Br4O11. The van der Waals surface area contributed by atoms with Gasteiger partial charge in [0.1, 0.15) is 0 Å². The number of carboxylic acid groups (broad SMARTS) is 4. The van der Waals surface area contributed by atoms with Gasteiger partial charge >= 0.3 is 35.8 Å². The van der Waals surface area contributed by atoms with Crippen molar-refractivity contribution in [3.8, 4) is 0 Å². The van der Waals surface area contributed by atoms with Crippen LogP contribution in [0.3, 0.4) is 0 Å². The minimum atomic E-state index is -1.69. The van der Waals surface area contributed by atoms with Crippen molar-refractivity contribution >= 4 is 99.5 Å². The minimum absolute atomic E-state index is 0.0128. The molecule has 0 saturated carbocycles. The fraction of sp³-hybridized carbons (Fsp3) is 0.250. The van der Waals surface area contributed by atoms with E-state index in [1.165, 1.54) is 0 Å².